The van der Waals surface area contributed by atoms with Crippen LogP contribution in [0.5, 0.6) is 0 Å². The fourth-order valence-corrected chi connectivity index (χ4v) is 3.37. The zero-order chi connectivity index (χ0) is 19.9. The largest absolute Gasteiger partial charge is 0.353 e. The van der Waals surface area contributed by atoms with Gasteiger partial charge in [0.25, 0.3) is 0 Å². The van der Waals surface area contributed by atoms with Crippen LogP contribution >= 0.6 is 15.9 Å². The molecule has 146 valence electrons. The van der Waals surface area contributed by atoms with Crippen molar-refractivity contribution in [1.82, 2.24) is 10.7 Å². The van der Waals surface area contributed by atoms with Crippen LogP contribution in [0.4, 0.5) is 15.8 Å². The van der Waals surface area contributed by atoms with Gasteiger partial charge in [-0.25, -0.2) is 9.82 Å². The highest BCUT2D eigenvalue weighted by Gasteiger charge is 2.21. The van der Waals surface area contributed by atoms with Crippen LogP contribution in [0.2, 0.25) is 0 Å². The molecule has 1 aliphatic rings. The Balaban J connectivity index is 1.65. The van der Waals surface area contributed by atoms with Gasteiger partial charge in [-0.15, -0.1) is 0 Å². The molecule has 2 aromatic rings. The van der Waals surface area contributed by atoms with E-state index in [-0.39, 0.29) is 11.9 Å². The third-order valence-electron chi connectivity index (χ3n) is 4.42. The molecule has 3 rings (SSSR count). The quantitative estimate of drug-likeness (QED) is 0.370. The second-order valence-corrected chi connectivity index (χ2v) is 7.41. The van der Waals surface area contributed by atoms with Gasteiger partial charge in [0.05, 0.1) is 11.9 Å². The first-order valence-corrected chi connectivity index (χ1v) is 9.77. The molecule has 1 saturated carbocycles. The van der Waals surface area contributed by atoms with E-state index in [1.807, 2.05) is 0 Å². The van der Waals surface area contributed by atoms with Gasteiger partial charge in [-0.3, -0.25) is 9.59 Å². The molecule has 0 unspecified atom stereocenters. The molecule has 0 spiro atoms. The second kappa shape index (κ2) is 9.45. The lowest BCUT2D eigenvalue weighted by Gasteiger charge is -2.11. The van der Waals surface area contributed by atoms with E-state index in [2.05, 4.69) is 37.1 Å². The Kier molecular flexibility index (Phi) is 6.76. The fourth-order valence-electron chi connectivity index (χ4n) is 2.99. The van der Waals surface area contributed by atoms with Crippen LogP contribution in [-0.2, 0) is 9.59 Å². The van der Waals surface area contributed by atoms with Gasteiger partial charge in [0, 0.05) is 21.8 Å². The number of amides is 2. The number of nitrogens with zero attached hydrogens (tertiary/aromatic N) is 1. The summed E-state index contributed by atoms with van der Waals surface area (Å²) in [5.41, 5.74) is 3.75. The number of halogens is 2. The van der Waals surface area contributed by atoms with Gasteiger partial charge in [-0.2, -0.15) is 5.10 Å². The molecule has 0 heterocycles. The Bertz CT molecular complexity index is 898. The van der Waals surface area contributed by atoms with E-state index < -0.39 is 11.8 Å². The van der Waals surface area contributed by atoms with Crippen molar-refractivity contribution in [2.75, 3.05) is 5.32 Å². The molecule has 6 nitrogen and oxygen atoms in total. The molecule has 0 saturated heterocycles. The minimum atomic E-state index is -0.818. The highest BCUT2D eigenvalue weighted by atomic mass is 79.9. The van der Waals surface area contributed by atoms with Gasteiger partial charge < -0.3 is 10.6 Å². The Morgan fingerprint density at radius 2 is 1.82 bits per heavy atom. The summed E-state index contributed by atoms with van der Waals surface area (Å²) >= 11 is 3.37. The maximum atomic E-state index is 13.9. The molecule has 0 atom stereocenters. The van der Waals surface area contributed by atoms with Crippen LogP contribution in [0, 0.1) is 5.82 Å². The molecule has 2 aromatic carbocycles. The van der Waals surface area contributed by atoms with Gasteiger partial charge in [-0.1, -0.05) is 40.9 Å². The number of carbonyl (C=O) groups excluding carboxylic acids is 2. The number of benzene rings is 2. The third kappa shape index (κ3) is 5.39. The summed E-state index contributed by atoms with van der Waals surface area (Å²) in [6.45, 7) is 0. The van der Waals surface area contributed by atoms with E-state index in [4.69, 9.17) is 0 Å². The van der Waals surface area contributed by atoms with Gasteiger partial charge in [0.1, 0.15) is 5.82 Å². The summed E-state index contributed by atoms with van der Waals surface area (Å²) in [5, 5.41) is 9.56. The molecule has 1 aliphatic carbocycles. The molecule has 28 heavy (non-hydrogen) atoms. The number of hydrazone groups is 1. The molecular weight excluding hydrogens is 427 g/mol. The Labute approximate surface area is 170 Å². The fraction of sp³-hybridized carbons (Fsp3) is 0.250. The highest BCUT2D eigenvalue weighted by molar-refractivity contribution is 9.10. The number of hydrogen-bond acceptors (Lipinski definition) is 4. The van der Waals surface area contributed by atoms with Crippen LogP contribution in [0.25, 0.3) is 0 Å². The summed E-state index contributed by atoms with van der Waals surface area (Å²) in [5.74, 6) is -1.89. The first-order chi connectivity index (χ1) is 13.5. The van der Waals surface area contributed by atoms with E-state index >= 15 is 0 Å². The maximum Gasteiger partial charge on any atom is 0.329 e. The van der Waals surface area contributed by atoms with Crippen molar-refractivity contribution in [3.8, 4) is 0 Å². The SMILES string of the molecule is O=C(N/N=C\c1cc(Br)ccc1Nc1ccccc1F)C(=O)NC1CCCC1. The van der Waals surface area contributed by atoms with E-state index in [1.54, 1.807) is 36.4 Å². The normalized spacial score (nSPS) is 14.2. The predicted molar refractivity (Wildman–Crippen MR) is 110 cm³/mol. The van der Waals surface area contributed by atoms with Crippen LogP contribution < -0.4 is 16.1 Å². The average Bonchev–Trinajstić information content (AvgIpc) is 3.18. The van der Waals surface area contributed by atoms with Crippen LogP contribution in [0.15, 0.2) is 52.0 Å². The van der Waals surface area contributed by atoms with Crippen molar-refractivity contribution in [1.29, 1.82) is 0 Å². The summed E-state index contributed by atoms with van der Waals surface area (Å²) in [4.78, 5) is 23.8. The second-order valence-electron chi connectivity index (χ2n) is 6.49. The van der Waals surface area contributed by atoms with E-state index in [1.165, 1.54) is 12.3 Å². The highest BCUT2D eigenvalue weighted by Crippen LogP contribution is 2.25. The standard InChI is InChI=1S/C20H20BrFN4O2/c21-14-9-10-17(25-18-8-4-3-7-16(18)22)13(11-14)12-23-26-20(28)19(27)24-15-5-1-2-6-15/h3-4,7-12,15,25H,1-2,5-6H2,(H,24,27)(H,26,28)/b23-12-. The van der Waals surface area contributed by atoms with Crippen LogP contribution in [-0.4, -0.2) is 24.1 Å². The monoisotopic (exact) mass is 446 g/mol. The Morgan fingerprint density at radius 3 is 2.57 bits per heavy atom. The summed E-state index contributed by atoms with van der Waals surface area (Å²) in [7, 11) is 0. The number of anilines is 2. The van der Waals surface area contributed by atoms with E-state index in [0.29, 0.717) is 16.9 Å². The summed E-state index contributed by atoms with van der Waals surface area (Å²) in [6.07, 6.45) is 5.31. The van der Waals surface area contributed by atoms with Crippen molar-refractivity contribution >= 4 is 45.3 Å². The molecular formula is C20H20BrFN4O2. The van der Waals surface area contributed by atoms with Gasteiger partial charge in [0.2, 0.25) is 0 Å². The lowest BCUT2D eigenvalue weighted by atomic mass is 10.2. The smallest absolute Gasteiger partial charge is 0.329 e. The van der Waals surface area contributed by atoms with E-state index in [0.717, 1.165) is 30.2 Å². The topological polar surface area (TPSA) is 82.6 Å². The number of rotatable bonds is 5. The summed E-state index contributed by atoms with van der Waals surface area (Å²) < 4.78 is 14.7. The van der Waals surface area contributed by atoms with Gasteiger partial charge >= 0.3 is 11.8 Å². The Hall–Kier alpha value is -2.74. The predicted octanol–water partition coefficient (Wildman–Crippen LogP) is 3.84. The number of hydrogen-bond donors (Lipinski definition) is 3. The van der Waals surface area contributed by atoms with Crippen molar-refractivity contribution in [2.24, 2.45) is 5.10 Å². The van der Waals surface area contributed by atoms with Crippen molar-refractivity contribution in [3.05, 3.63) is 58.3 Å². The molecule has 2 amide bonds. The van der Waals surface area contributed by atoms with Gasteiger partial charge in [-0.05, 0) is 43.2 Å². The van der Waals surface area contributed by atoms with Crippen molar-refractivity contribution < 1.29 is 14.0 Å². The van der Waals surface area contributed by atoms with Crippen LogP contribution in [0.3, 0.4) is 0 Å². The zero-order valence-electron chi connectivity index (χ0n) is 15.0. The summed E-state index contributed by atoms with van der Waals surface area (Å²) in [6, 6.07) is 11.7. The zero-order valence-corrected chi connectivity index (χ0v) is 16.6. The molecule has 0 radical (unpaired) electrons. The van der Waals surface area contributed by atoms with E-state index in [9.17, 15) is 14.0 Å². The number of nitrogens with one attached hydrogen (secondary N) is 3. The minimum absolute atomic E-state index is 0.0591. The lowest BCUT2D eigenvalue weighted by Crippen LogP contribution is -2.42. The van der Waals surface area contributed by atoms with Crippen molar-refractivity contribution in [2.45, 2.75) is 31.7 Å². The molecule has 0 aliphatic heterocycles. The first-order valence-electron chi connectivity index (χ1n) is 8.98. The van der Waals surface area contributed by atoms with Crippen molar-refractivity contribution in [3.63, 3.8) is 0 Å². The first kappa shape index (κ1) is 20.0. The maximum absolute atomic E-state index is 13.9. The molecule has 8 heteroatoms. The minimum Gasteiger partial charge on any atom is -0.353 e. The molecule has 3 N–H and O–H groups in total. The molecule has 1 fully saturated rings. The van der Waals surface area contributed by atoms with Crippen LogP contribution in [0.1, 0.15) is 31.2 Å². The number of carbonyl (C=O) groups is 2. The van der Waals surface area contributed by atoms with Gasteiger partial charge in [0.15, 0.2) is 0 Å². The Morgan fingerprint density at radius 1 is 1.07 bits per heavy atom. The average molecular weight is 447 g/mol. The molecule has 0 aromatic heterocycles. The lowest BCUT2D eigenvalue weighted by molar-refractivity contribution is -0.139. The molecule has 0 bridgehead atoms. The third-order valence-corrected chi connectivity index (χ3v) is 4.92. The number of para-hydroxylation sites is 1.